The quantitative estimate of drug-likeness (QED) is 0.253. The molecule has 0 aliphatic rings. The summed E-state index contributed by atoms with van der Waals surface area (Å²) in [7, 11) is 0. The van der Waals surface area contributed by atoms with Crippen LogP contribution in [0.25, 0.3) is 0 Å². The molecule has 0 aromatic heterocycles. The number of carboxylic acids is 3. The molecule has 5 N–H and O–H groups in total. The summed E-state index contributed by atoms with van der Waals surface area (Å²) in [6, 6.07) is -3.36. The summed E-state index contributed by atoms with van der Waals surface area (Å²) < 4.78 is 0. The molecule has 102 valence electrons. The zero-order valence-corrected chi connectivity index (χ0v) is 8.90. The third-order valence-corrected chi connectivity index (χ3v) is 1.83. The molecule has 10 heteroatoms. The average molecular weight is 265 g/mol. The van der Waals surface area contributed by atoms with Gasteiger partial charge in [0.15, 0.2) is 0 Å². The van der Waals surface area contributed by atoms with Crippen molar-refractivity contribution in [1.82, 2.24) is 5.32 Å². The molecule has 18 heavy (non-hydrogen) atoms. The Bertz CT molecular complexity index is 352. The molecule has 0 aliphatic heterocycles. The Balaban J connectivity index is 4.79. The normalized spacial score (nSPS) is 13.4. The van der Waals surface area contributed by atoms with Crippen molar-refractivity contribution in [2.45, 2.75) is 24.9 Å². The van der Waals surface area contributed by atoms with E-state index in [0.717, 1.165) is 0 Å². The third kappa shape index (κ3) is 5.77. The Kier molecular flexibility index (Phi) is 6.31. The van der Waals surface area contributed by atoms with Crippen molar-refractivity contribution in [3.05, 3.63) is 0 Å². The lowest BCUT2D eigenvalue weighted by Crippen LogP contribution is -2.49. The molecule has 0 amide bonds. The van der Waals surface area contributed by atoms with Crippen molar-refractivity contribution in [3.63, 3.8) is 0 Å². The minimum Gasteiger partial charge on any atom is -0.481 e. The van der Waals surface area contributed by atoms with Gasteiger partial charge in [-0.15, -0.1) is 0 Å². The highest BCUT2D eigenvalue weighted by Crippen LogP contribution is 2.01. The lowest BCUT2D eigenvalue weighted by molar-refractivity contribution is -0.237. The van der Waals surface area contributed by atoms with E-state index >= 15 is 0 Å². The van der Waals surface area contributed by atoms with Gasteiger partial charge in [-0.1, -0.05) is 0 Å². The molecule has 0 radical (unpaired) electrons. The van der Waals surface area contributed by atoms with Crippen LogP contribution in [0.4, 0.5) is 0 Å². The van der Waals surface area contributed by atoms with Crippen LogP contribution in [0.3, 0.4) is 0 Å². The summed E-state index contributed by atoms with van der Waals surface area (Å²) in [4.78, 5) is 45.7. The predicted octanol–water partition coefficient (Wildman–Crippen LogP) is -1.64. The Hall–Kier alpha value is -2.20. The van der Waals surface area contributed by atoms with E-state index in [2.05, 4.69) is 4.89 Å². The lowest BCUT2D eigenvalue weighted by Gasteiger charge is -2.18. The summed E-state index contributed by atoms with van der Waals surface area (Å²) in [5, 5.41) is 35.7. The summed E-state index contributed by atoms with van der Waals surface area (Å²) in [6.07, 6.45) is -1.74. The largest absolute Gasteiger partial charge is 0.481 e. The zero-order valence-electron chi connectivity index (χ0n) is 8.90. The number of rotatable bonds is 8. The SMILES string of the molecule is O=C(O)CC(NC(CC(=O)O)C(=O)OO)C(=O)O. The van der Waals surface area contributed by atoms with Crippen LogP contribution in [0.5, 0.6) is 0 Å². The van der Waals surface area contributed by atoms with Crippen LogP contribution >= 0.6 is 0 Å². The van der Waals surface area contributed by atoms with Gasteiger partial charge in [0.05, 0.1) is 12.8 Å². The number of nitrogens with one attached hydrogen (secondary N) is 1. The monoisotopic (exact) mass is 265 g/mol. The Labute approximate surface area is 99.7 Å². The van der Waals surface area contributed by atoms with Gasteiger partial charge in [-0.2, -0.15) is 5.26 Å². The predicted molar refractivity (Wildman–Crippen MR) is 51.6 cm³/mol. The molecule has 0 aromatic rings. The van der Waals surface area contributed by atoms with Crippen molar-refractivity contribution in [2.24, 2.45) is 0 Å². The van der Waals surface area contributed by atoms with Crippen LogP contribution in [0, 0.1) is 0 Å². The van der Waals surface area contributed by atoms with Crippen LogP contribution in [-0.2, 0) is 24.1 Å². The van der Waals surface area contributed by atoms with Crippen LogP contribution in [0.2, 0.25) is 0 Å². The maximum atomic E-state index is 11.0. The number of carboxylic acid groups (broad SMARTS) is 3. The van der Waals surface area contributed by atoms with Crippen molar-refractivity contribution < 1.29 is 44.6 Å². The minimum absolute atomic E-state index is 0.871. The van der Waals surface area contributed by atoms with Gasteiger partial charge < -0.3 is 15.3 Å². The van der Waals surface area contributed by atoms with Crippen LogP contribution in [0.1, 0.15) is 12.8 Å². The van der Waals surface area contributed by atoms with E-state index in [4.69, 9.17) is 20.6 Å². The van der Waals surface area contributed by atoms with E-state index in [-0.39, 0.29) is 0 Å². The maximum Gasteiger partial charge on any atom is 0.359 e. The van der Waals surface area contributed by atoms with Crippen molar-refractivity contribution >= 4 is 23.9 Å². The fourth-order valence-corrected chi connectivity index (χ4v) is 1.08. The van der Waals surface area contributed by atoms with Crippen LogP contribution in [-0.4, -0.2) is 56.5 Å². The first-order valence-electron chi connectivity index (χ1n) is 4.55. The third-order valence-electron chi connectivity index (χ3n) is 1.83. The smallest absolute Gasteiger partial charge is 0.359 e. The first-order valence-corrected chi connectivity index (χ1v) is 4.55. The molecule has 10 nitrogen and oxygen atoms in total. The second-order valence-electron chi connectivity index (χ2n) is 3.22. The van der Waals surface area contributed by atoms with E-state index in [0.29, 0.717) is 0 Å². The fraction of sp³-hybridized carbons (Fsp3) is 0.500. The molecular formula is C8H11NO9. The van der Waals surface area contributed by atoms with E-state index in [9.17, 15) is 19.2 Å². The van der Waals surface area contributed by atoms with Gasteiger partial charge in [0.25, 0.3) is 0 Å². The van der Waals surface area contributed by atoms with Gasteiger partial charge in [-0.25, -0.2) is 4.79 Å². The highest BCUT2D eigenvalue weighted by atomic mass is 17.1. The summed E-state index contributed by atoms with van der Waals surface area (Å²) in [6.45, 7) is 0. The van der Waals surface area contributed by atoms with Crippen molar-refractivity contribution in [2.75, 3.05) is 0 Å². The van der Waals surface area contributed by atoms with Gasteiger partial charge in [0, 0.05) is 0 Å². The highest BCUT2D eigenvalue weighted by molar-refractivity contribution is 5.84. The van der Waals surface area contributed by atoms with Gasteiger partial charge in [-0.05, 0) is 0 Å². The number of carbonyl (C=O) groups is 4. The Morgan fingerprint density at radius 2 is 1.39 bits per heavy atom. The van der Waals surface area contributed by atoms with E-state index in [1.807, 2.05) is 5.32 Å². The summed E-state index contributed by atoms with van der Waals surface area (Å²) >= 11 is 0. The zero-order chi connectivity index (χ0) is 14.3. The van der Waals surface area contributed by atoms with Gasteiger partial charge in [0.1, 0.15) is 12.1 Å². The number of hydrogen-bond acceptors (Lipinski definition) is 7. The molecule has 2 atom stereocenters. The average Bonchev–Trinajstić information content (AvgIpc) is 2.24. The summed E-state index contributed by atoms with van der Waals surface area (Å²) in [5.41, 5.74) is 0. The number of hydrogen-bond donors (Lipinski definition) is 5. The second kappa shape index (κ2) is 7.19. The Morgan fingerprint density at radius 1 is 0.944 bits per heavy atom. The lowest BCUT2D eigenvalue weighted by atomic mass is 10.1. The highest BCUT2D eigenvalue weighted by Gasteiger charge is 2.30. The molecule has 0 rings (SSSR count). The molecule has 0 heterocycles. The fourth-order valence-electron chi connectivity index (χ4n) is 1.08. The minimum atomic E-state index is -1.69. The molecule has 0 spiro atoms. The van der Waals surface area contributed by atoms with E-state index in [1.165, 1.54) is 0 Å². The molecule has 0 aromatic carbocycles. The standard InChI is InChI=1S/C8H11NO9/c10-5(11)1-3(7(14)15)9-4(2-6(12)13)8(16)18-17/h3-4,9,17H,1-2H2,(H,10,11)(H,12,13)(H,14,15). The van der Waals surface area contributed by atoms with Crippen LogP contribution < -0.4 is 5.32 Å². The molecule has 2 unspecified atom stereocenters. The molecule has 0 fully saturated rings. The number of carbonyl (C=O) groups excluding carboxylic acids is 1. The molecule has 0 saturated heterocycles. The number of aliphatic carboxylic acids is 3. The van der Waals surface area contributed by atoms with Gasteiger partial charge in [0.2, 0.25) is 0 Å². The Morgan fingerprint density at radius 3 is 1.72 bits per heavy atom. The topological polar surface area (TPSA) is 170 Å². The molecule has 0 bridgehead atoms. The summed E-state index contributed by atoms with van der Waals surface area (Å²) in [5.74, 6) is -5.92. The van der Waals surface area contributed by atoms with Gasteiger partial charge in [-0.3, -0.25) is 24.6 Å². The molecule has 0 saturated carbocycles. The second-order valence-corrected chi connectivity index (χ2v) is 3.22. The molecule has 0 aliphatic carbocycles. The first-order chi connectivity index (χ1) is 8.27. The van der Waals surface area contributed by atoms with E-state index < -0.39 is 48.8 Å². The van der Waals surface area contributed by atoms with E-state index in [1.54, 1.807) is 0 Å². The van der Waals surface area contributed by atoms with Crippen LogP contribution in [0.15, 0.2) is 0 Å². The maximum absolute atomic E-state index is 11.0. The van der Waals surface area contributed by atoms with Gasteiger partial charge >= 0.3 is 23.9 Å². The van der Waals surface area contributed by atoms with Crippen molar-refractivity contribution in [1.29, 1.82) is 0 Å². The molecular weight excluding hydrogens is 254 g/mol. The first kappa shape index (κ1) is 15.8. The van der Waals surface area contributed by atoms with Crippen molar-refractivity contribution in [3.8, 4) is 0 Å².